The number of aryl methyl sites for hydroxylation is 2. The van der Waals surface area contributed by atoms with Gasteiger partial charge in [0.15, 0.2) is 5.13 Å². The summed E-state index contributed by atoms with van der Waals surface area (Å²) in [6.07, 6.45) is 0. The molecule has 172 valence electrons. The van der Waals surface area contributed by atoms with E-state index in [9.17, 15) is 9.59 Å². The number of morpholine rings is 1. The fraction of sp³-hybridized carbons (Fsp3) is 0.292. The molecule has 1 aliphatic heterocycles. The Bertz CT molecular complexity index is 1110. The Morgan fingerprint density at radius 2 is 1.85 bits per heavy atom. The third-order valence-corrected chi connectivity index (χ3v) is 6.28. The van der Waals surface area contributed by atoms with Crippen molar-refractivity contribution in [3.05, 3.63) is 76.3 Å². The third kappa shape index (κ3) is 5.75. The average molecular weight is 466 g/mol. The molecule has 1 aliphatic rings. The minimum atomic E-state index is -0.785. The van der Waals surface area contributed by atoms with Crippen LogP contribution in [-0.4, -0.2) is 43.1 Å². The predicted octanol–water partition coefficient (Wildman–Crippen LogP) is 3.21. The number of ether oxygens (including phenoxy) is 1. The maximum Gasteiger partial charge on any atom is 0.284 e. The first-order chi connectivity index (χ1) is 16.0. The van der Waals surface area contributed by atoms with Crippen molar-refractivity contribution in [2.75, 3.05) is 36.5 Å². The third-order valence-electron chi connectivity index (χ3n) is 5.38. The van der Waals surface area contributed by atoms with Gasteiger partial charge in [0.2, 0.25) is 5.91 Å². The second-order valence-electron chi connectivity index (χ2n) is 7.86. The molecule has 8 nitrogen and oxygen atoms in total. The second kappa shape index (κ2) is 10.6. The van der Waals surface area contributed by atoms with Crippen molar-refractivity contribution in [2.24, 2.45) is 0 Å². The van der Waals surface area contributed by atoms with Gasteiger partial charge in [-0.3, -0.25) is 15.0 Å². The summed E-state index contributed by atoms with van der Waals surface area (Å²) in [6.45, 7) is 6.72. The zero-order chi connectivity index (χ0) is 23.2. The normalized spacial score (nSPS) is 14.5. The molecule has 0 saturated carbocycles. The van der Waals surface area contributed by atoms with Crippen LogP contribution in [0.5, 0.6) is 0 Å². The van der Waals surface area contributed by atoms with Gasteiger partial charge < -0.3 is 15.0 Å². The highest BCUT2D eigenvalue weighted by molar-refractivity contribution is 7.13. The minimum absolute atomic E-state index is 0.275. The number of nitrogens with zero attached hydrogens (tertiary/aromatic N) is 2. The number of hydrazine groups is 1. The molecule has 0 spiro atoms. The first-order valence-electron chi connectivity index (χ1n) is 10.8. The summed E-state index contributed by atoms with van der Waals surface area (Å²) < 4.78 is 5.37. The van der Waals surface area contributed by atoms with Crippen LogP contribution >= 0.6 is 11.3 Å². The fourth-order valence-electron chi connectivity index (χ4n) is 3.49. The molecule has 1 unspecified atom stereocenters. The molecule has 0 aliphatic carbocycles. The highest BCUT2D eigenvalue weighted by Crippen LogP contribution is 2.22. The summed E-state index contributed by atoms with van der Waals surface area (Å²) in [7, 11) is 0. The van der Waals surface area contributed by atoms with Crippen LogP contribution in [0.1, 0.15) is 33.2 Å². The van der Waals surface area contributed by atoms with E-state index in [1.165, 1.54) is 11.3 Å². The number of thiazole rings is 1. The van der Waals surface area contributed by atoms with Crippen molar-refractivity contribution in [3.8, 4) is 0 Å². The number of amides is 2. The molecule has 2 aromatic carbocycles. The number of hydrogen-bond acceptors (Lipinski definition) is 7. The standard InChI is InChI=1S/C24H27N5O3S/c1-16-8-9-17(2)19(14-16)25-23(31)21(18-6-4-3-5-7-18)27-28-22(30)20-15-33-24(26-20)29-10-12-32-13-11-29/h3-9,14-15,21,27H,10-13H2,1-2H3,(H,25,31)(H,28,30). The van der Waals surface area contributed by atoms with E-state index < -0.39 is 11.9 Å². The molecule has 9 heteroatoms. The van der Waals surface area contributed by atoms with E-state index in [4.69, 9.17) is 4.74 Å². The van der Waals surface area contributed by atoms with E-state index in [1.54, 1.807) is 5.38 Å². The molecule has 1 atom stereocenters. The monoisotopic (exact) mass is 465 g/mol. The molecule has 33 heavy (non-hydrogen) atoms. The van der Waals surface area contributed by atoms with Crippen LogP contribution in [0.2, 0.25) is 0 Å². The summed E-state index contributed by atoms with van der Waals surface area (Å²) in [5.74, 6) is -0.672. The number of carbonyl (C=O) groups is 2. The van der Waals surface area contributed by atoms with E-state index in [-0.39, 0.29) is 5.91 Å². The van der Waals surface area contributed by atoms with Gasteiger partial charge in [-0.25, -0.2) is 10.4 Å². The Balaban J connectivity index is 1.46. The summed E-state index contributed by atoms with van der Waals surface area (Å²) in [4.78, 5) is 32.5. The molecule has 2 heterocycles. The van der Waals surface area contributed by atoms with Crippen molar-refractivity contribution < 1.29 is 14.3 Å². The lowest BCUT2D eigenvalue weighted by molar-refractivity contribution is -0.118. The quantitative estimate of drug-likeness (QED) is 0.464. The molecular weight excluding hydrogens is 438 g/mol. The summed E-state index contributed by atoms with van der Waals surface area (Å²) in [5, 5.41) is 5.48. The highest BCUT2D eigenvalue weighted by Gasteiger charge is 2.23. The van der Waals surface area contributed by atoms with Crippen LogP contribution in [0.4, 0.5) is 10.8 Å². The molecule has 4 rings (SSSR count). The Morgan fingerprint density at radius 3 is 2.61 bits per heavy atom. The smallest absolute Gasteiger partial charge is 0.284 e. The lowest BCUT2D eigenvalue weighted by atomic mass is 10.1. The first kappa shape index (κ1) is 22.9. The number of benzene rings is 2. The first-order valence-corrected chi connectivity index (χ1v) is 11.7. The van der Waals surface area contributed by atoms with Crippen LogP contribution in [0.15, 0.2) is 53.9 Å². The fourth-order valence-corrected chi connectivity index (χ4v) is 4.35. The van der Waals surface area contributed by atoms with Gasteiger partial charge >= 0.3 is 0 Å². The van der Waals surface area contributed by atoms with Gasteiger partial charge in [-0.2, -0.15) is 0 Å². The van der Waals surface area contributed by atoms with Crippen LogP contribution in [0, 0.1) is 13.8 Å². The Kier molecular flexibility index (Phi) is 7.33. The molecule has 1 saturated heterocycles. The van der Waals surface area contributed by atoms with Crippen molar-refractivity contribution in [3.63, 3.8) is 0 Å². The summed E-state index contributed by atoms with van der Waals surface area (Å²) >= 11 is 1.42. The number of rotatable bonds is 7. The SMILES string of the molecule is Cc1ccc(C)c(NC(=O)C(NNC(=O)c2csc(N3CCOCC3)n2)c2ccccc2)c1. The maximum atomic E-state index is 13.2. The topological polar surface area (TPSA) is 95.6 Å². The van der Waals surface area contributed by atoms with Gasteiger partial charge in [0, 0.05) is 24.2 Å². The van der Waals surface area contributed by atoms with Crippen LogP contribution < -0.4 is 21.1 Å². The van der Waals surface area contributed by atoms with Gasteiger partial charge in [0.05, 0.1) is 13.2 Å². The van der Waals surface area contributed by atoms with E-state index in [0.717, 1.165) is 40.6 Å². The molecule has 0 bridgehead atoms. The Hall–Kier alpha value is -3.27. The van der Waals surface area contributed by atoms with Gasteiger partial charge in [-0.05, 0) is 36.6 Å². The molecule has 1 aromatic heterocycles. The number of nitrogens with one attached hydrogen (secondary N) is 3. The molecule has 0 radical (unpaired) electrons. The van der Waals surface area contributed by atoms with E-state index in [0.29, 0.717) is 18.9 Å². The summed E-state index contributed by atoms with van der Waals surface area (Å²) in [6, 6.07) is 14.4. The van der Waals surface area contributed by atoms with E-state index >= 15 is 0 Å². The van der Waals surface area contributed by atoms with Gasteiger partial charge in [-0.15, -0.1) is 11.3 Å². The van der Waals surface area contributed by atoms with Crippen LogP contribution in [0.25, 0.3) is 0 Å². The van der Waals surface area contributed by atoms with Crippen LogP contribution in [-0.2, 0) is 9.53 Å². The molecule has 2 amide bonds. The number of anilines is 2. The Labute approximate surface area is 197 Å². The lowest BCUT2D eigenvalue weighted by Gasteiger charge is -2.26. The van der Waals surface area contributed by atoms with Gasteiger partial charge in [0.1, 0.15) is 11.7 Å². The second-order valence-corrected chi connectivity index (χ2v) is 8.70. The highest BCUT2D eigenvalue weighted by atomic mass is 32.1. The number of hydrogen-bond donors (Lipinski definition) is 3. The maximum absolute atomic E-state index is 13.2. The van der Waals surface area contributed by atoms with Crippen molar-refractivity contribution in [1.29, 1.82) is 0 Å². The Morgan fingerprint density at radius 1 is 1.09 bits per heavy atom. The predicted molar refractivity (Wildman–Crippen MR) is 129 cm³/mol. The molecule has 3 aromatic rings. The summed E-state index contributed by atoms with van der Waals surface area (Å²) in [5.41, 5.74) is 9.34. The molecule has 3 N–H and O–H groups in total. The number of aromatic nitrogens is 1. The average Bonchev–Trinajstić information content (AvgIpc) is 3.33. The molecule has 1 fully saturated rings. The van der Waals surface area contributed by atoms with Crippen molar-refractivity contribution in [1.82, 2.24) is 15.8 Å². The van der Waals surface area contributed by atoms with Crippen LogP contribution in [0.3, 0.4) is 0 Å². The molecular formula is C24H27N5O3S. The van der Waals surface area contributed by atoms with E-state index in [1.807, 2.05) is 62.4 Å². The lowest BCUT2D eigenvalue weighted by Crippen LogP contribution is -2.44. The zero-order valence-electron chi connectivity index (χ0n) is 18.6. The zero-order valence-corrected chi connectivity index (χ0v) is 19.4. The van der Waals surface area contributed by atoms with Crippen molar-refractivity contribution in [2.45, 2.75) is 19.9 Å². The van der Waals surface area contributed by atoms with Crippen molar-refractivity contribution >= 4 is 34.0 Å². The van der Waals surface area contributed by atoms with E-state index in [2.05, 4.69) is 26.1 Å². The number of carbonyl (C=O) groups excluding carboxylic acids is 2. The van der Waals surface area contributed by atoms with Gasteiger partial charge in [-0.1, -0.05) is 42.5 Å². The largest absolute Gasteiger partial charge is 0.378 e. The minimum Gasteiger partial charge on any atom is -0.378 e. The van der Waals surface area contributed by atoms with Gasteiger partial charge in [0.25, 0.3) is 5.91 Å².